The zero-order chi connectivity index (χ0) is 23.1. The van der Waals surface area contributed by atoms with Gasteiger partial charge in [0.25, 0.3) is 5.91 Å². The van der Waals surface area contributed by atoms with Gasteiger partial charge in [-0.1, -0.05) is 19.4 Å². The minimum absolute atomic E-state index is 0.0256. The molecule has 0 bridgehead atoms. The normalized spacial score (nSPS) is 12.3. The SMILES string of the molecule is CCCCOc1ccc(C(=O)NCC(c2cccs2)S(=O)(=O)c2ccc(F)c(C)c2)cc1. The van der Waals surface area contributed by atoms with Crippen molar-refractivity contribution in [2.75, 3.05) is 13.2 Å². The van der Waals surface area contributed by atoms with Crippen LogP contribution in [0.1, 0.15) is 45.8 Å². The van der Waals surface area contributed by atoms with Gasteiger partial charge in [-0.05, 0) is 72.8 Å². The van der Waals surface area contributed by atoms with Gasteiger partial charge in [0.05, 0.1) is 11.5 Å². The van der Waals surface area contributed by atoms with Crippen LogP contribution in [0.2, 0.25) is 0 Å². The summed E-state index contributed by atoms with van der Waals surface area (Å²) in [7, 11) is -3.85. The summed E-state index contributed by atoms with van der Waals surface area (Å²) in [6, 6.07) is 14.0. The first-order chi connectivity index (χ1) is 15.3. The molecule has 1 unspecified atom stereocenters. The lowest BCUT2D eigenvalue weighted by Gasteiger charge is -2.18. The Kier molecular flexibility index (Phi) is 8.04. The van der Waals surface area contributed by atoms with Gasteiger partial charge < -0.3 is 10.1 Å². The molecule has 0 spiro atoms. The van der Waals surface area contributed by atoms with Crippen LogP contribution in [-0.4, -0.2) is 27.5 Å². The number of amides is 1. The molecule has 1 heterocycles. The van der Waals surface area contributed by atoms with Crippen molar-refractivity contribution in [2.24, 2.45) is 0 Å². The zero-order valence-electron chi connectivity index (χ0n) is 18.0. The summed E-state index contributed by atoms with van der Waals surface area (Å²) in [6.07, 6.45) is 1.99. The van der Waals surface area contributed by atoms with Crippen LogP contribution in [-0.2, 0) is 9.84 Å². The van der Waals surface area contributed by atoms with Crippen molar-refractivity contribution in [2.45, 2.75) is 36.8 Å². The summed E-state index contributed by atoms with van der Waals surface area (Å²) >= 11 is 1.30. The molecule has 0 aliphatic carbocycles. The fourth-order valence-corrected chi connectivity index (χ4v) is 5.99. The predicted octanol–water partition coefficient (Wildman–Crippen LogP) is 5.32. The number of sulfone groups is 1. The predicted molar refractivity (Wildman–Crippen MR) is 125 cm³/mol. The van der Waals surface area contributed by atoms with E-state index in [1.807, 2.05) is 0 Å². The third-order valence-corrected chi connectivity index (χ3v) is 8.24. The van der Waals surface area contributed by atoms with E-state index in [0.29, 0.717) is 22.8 Å². The monoisotopic (exact) mass is 475 g/mol. The molecular formula is C24H26FNO4S2. The van der Waals surface area contributed by atoms with E-state index in [0.717, 1.165) is 18.9 Å². The van der Waals surface area contributed by atoms with Crippen LogP contribution in [0.4, 0.5) is 4.39 Å². The highest BCUT2D eigenvalue weighted by atomic mass is 32.2. The average Bonchev–Trinajstić information content (AvgIpc) is 3.30. The fourth-order valence-electron chi connectivity index (χ4n) is 3.12. The summed E-state index contributed by atoms with van der Waals surface area (Å²) in [4.78, 5) is 13.3. The minimum Gasteiger partial charge on any atom is -0.494 e. The van der Waals surface area contributed by atoms with E-state index in [-0.39, 0.29) is 22.9 Å². The van der Waals surface area contributed by atoms with E-state index in [1.54, 1.807) is 41.8 Å². The van der Waals surface area contributed by atoms with E-state index >= 15 is 0 Å². The second-order valence-electron chi connectivity index (χ2n) is 7.40. The quantitative estimate of drug-likeness (QED) is 0.318. The fraction of sp³-hybridized carbons (Fsp3) is 0.292. The molecular weight excluding hydrogens is 449 g/mol. The van der Waals surface area contributed by atoms with Crippen molar-refractivity contribution < 1.29 is 22.3 Å². The lowest BCUT2D eigenvalue weighted by molar-refractivity contribution is 0.0953. The number of ether oxygens (including phenoxy) is 1. The summed E-state index contributed by atoms with van der Waals surface area (Å²) in [6.45, 7) is 4.11. The lowest BCUT2D eigenvalue weighted by Crippen LogP contribution is -2.31. The zero-order valence-corrected chi connectivity index (χ0v) is 19.6. The number of rotatable bonds is 10. The Morgan fingerprint density at radius 2 is 1.91 bits per heavy atom. The molecule has 0 fully saturated rings. The molecule has 0 aliphatic rings. The van der Waals surface area contributed by atoms with Gasteiger partial charge in [0.1, 0.15) is 16.8 Å². The molecule has 1 atom stereocenters. The molecule has 5 nitrogen and oxygen atoms in total. The van der Waals surface area contributed by atoms with Crippen LogP contribution in [0.3, 0.4) is 0 Å². The molecule has 170 valence electrons. The van der Waals surface area contributed by atoms with E-state index < -0.39 is 20.9 Å². The van der Waals surface area contributed by atoms with Gasteiger partial charge in [0, 0.05) is 17.0 Å². The number of thiophene rings is 1. The first-order valence-electron chi connectivity index (χ1n) is 10.4. The number of hydrogen-bond acceptors (Lipinski definition) is 5. The molecule has 8 heteroatoms. The van der Waals surface area contributed by atoms with Crippen molar-refractivity contribution in [3.05, 3.63) is 81.8 Å². The van der Waals surface area contributed by atoms with E-state index in [2.05, 4.69) is 12.2 Å². The lowest BCUT2D eigenvalue weighted by atomic mass is 10.2. The number of carbonyl (C=O) groups excluding carboxylic acids is 1. The second-order valence-corrected chi connectivity index (χ2v) is 10.5. The Morgan fingerprint density at radius 1 is 1.16 bits per heavy atom. The van der Waals surface area contributed by atoms with Crippen molar-refractivity contribution >= 4 is 27.1 Å². The molecule has 0 saturated carbocycles. The molecule has 1 aromatic heterocycles. The Morgan fingerprint density at radius 3 is 2.53 bits per heavy atom. The maximum absolute atomic E-state index is 13.7. The summed E-state index contributed by atoms with van der Waals surface area (Å²) in [5, 5.41) is 3.54. The maximum Gasteiger partial charge on any atom is 0.251 e. The van der Waals surface area contributed by atoms with Crippen molar-refractivity contribution in [3.63, 3.8) is 0 Å². The van der Waals surface area contributed by atoms with Crippen LogP contribution in [0.15, 0.2) is 64.9 Å². The van der Waals surface area contributed by atoms with E-state index in [9.17, 15) is 17.6 Å². The van der Waals surface area contributed by atoms with Crippen molar-refractivity contribution in [1.82, 2.24) is 5.32 Å². The van der Waals surface area contributed by atoms with Crippen LogP contribution in [0.5, 0.6) is 5.75 Å². The van der Waals surface area contributed by atoms with Gasteiger partial charge in [0.2, 0.25) is 0 Å². The molecule has 0 radical (unpaired) electrons. The van der Waals surface area contributed by atoms with Gasteiger partial charge in [-0.25, -0.2) is 12.8 Å². The number of nitrogens with one attached hydrogen (secondary N) is 1. The Hall–Kier alpha value is -2.71. The standard InChI is InChI=1S/C24H26FNO4S2/c1-3-4-13-30-19-9-7-18(8-10-19)24(27)26-16-23(22-6-5-14-31-22)32(28,29)20-11-12-21(25)17(2)15-20/h5-12,14-15,23H,3-4,13,16H2,1-2H3,(H,26,27). The largest absolute Gasteiger partial charge is 0.494 e. The molecule has 2 aromatic carbocycles. The first-order valence-corrected chi connectivity index (χ1v) is 12.8. The number of halogens is 1. The Labute approximate surface area is 192 Å². The third-order valence-electron chi connectivity index (χ3n) is 5.02. The molecule has 0 aliphatic heterocycles. The molecule has 32 heavy (non-hydrogen) atoms. The van der Waals surface area contributed by atoms with E-state index in [1.165, 1.54) is 30.4 Å². The second kappa shape index (κ2) is 10.7. The smallest absolute Gasteiger partial charge is 0.251 e. The van der Waals surface area contributed by atoms with Crippen molar-refractivity contribution in [3.8, 4) is 5.75 Å². The molecule has 1 N–H and O–H groups in total. The maximum atomic E-state index is 13.7. The van der Waals surface area contributed by atoms with Gasteiger partial charge in [-0.15, -0.1) is 11.3 Å². The summed E-state index contributed by atoms with van der Waals surface area (Å²) in [5.74, 6) is -0.162. The number of benzene rings is 2. The van der Waals surface area contributed by atoms with Crippen LogP contribution in [0.25, 0.3) is 0 Å². The number of carbonyl (C=O) groups is 1. The molecule has 0 saturated heterocycles. The van der Waals surface area contributed by atoms with Gasteiger partial charge in [0.15, 0.2) is 9.84 Å². The summed E-state index contributed by atoms with van der Waals surface area (Å²) in [5.41, 5.74) is 0.661. The highest BCUT2D eigenvalue weighted by molar-refractivity contribution is 7.91. The van der Waals surface area contributed by atoms with Gasteiger partial charge in [-0.3, -0.25) is 4.79 Å². The topological polar surface area (TPSA) is 72.5 Å². The van der Waals surface area contributed by atoms with Crippen molar-refractivity contribution in [1.29, 1.82) is 0 Å². The number of hydrogen-bond donors (Lipinski definition) is 1. The highest BCUT2D eigenvalue weighted by Crippen LogP contribution is 2.32. The number of aryl methyl sites for hydroxylation is 1. The highest BCUT2D eigenvalue weighted by Gasteiger charge is 2.31. The summed E-state index contributed by atoms with van der Waals surface area (Å²) < 4.78 is 45.9. The van der Waals surface area contributed by atoms with Crippen LogP contribution < -0.4 is 10.1 Å². The third kappa shape index (κ3) is 5.75. The minimum atomic E-state index is -3.85. The molecule has 3 rings (SSSR count). The molecule has 1 amide bonds. The van der Waals surface area contributed by atoms with Gasteiger partial charge >= 0.3 is 0 Å². The first kappa shape index (κ1) is 23.9. The number of unbranched alkanes of at least 4 members (excludes halogenated alkanes) is 1. The van der Waals surface area contributed by atoms with Crippen LogP contribution >= 0.6 is 11.3 Å². The van der Waals surface area contributed by atoms with E-state index in [4.69, 9.17) is 4.74 Å². The average molecular weight is 476 g/mol. The van der Waals surface area contributed by atoms with Crippen LogP contribution in [0, 0.1) is 12.7 Å². The Bertz CT molecular complexity index is 1140. The van der Waals surface area contributed by atoms with Gasteiger partial charge in [-0.2, -0.15) is 0 Å². The Balaban J connectivity index is 1.75. The molecule has 3 aromatic rings.